The third-order valence-electron chi connectivity index (χ3n) is 4.49. The quantitative estimate of drug-likeness (QED) is 0.754. The Bertz CT molecular complexity index is 447. The number of carbonyl (C=O) groups is 1. The molecule has 3 heteroatoms. The second kappa shape index (κ2) is 6.47. The molecule has 1 fully saturated rings. The fourth-order valence-electron chi connectivity index (χ4n) is 3.39. The van der Waals surface area contributed by atoms with Crippen molar-refractivity contribution >= 4 is 5.97 Å². The lowest BCUT2D eigenvalue weighted by Gasteiger charge is -2.36. The van der Waals surface area contributed by atoms with Crippen molar-refractivity contribution in [1.82, 2.24) is 0 Å². The average molecular weight is 278 g/mol. The maximum Gasteiger partial charge on any atom is 0.374 e. The molecular weight excluding hydrogens is 252 g/mol. The zero-order chi connectivity index (χ0) is 14.7. The van der Waals surface area contributed by atoms with Crippen molar-refractivity contribution in [1.29, 1.82) is 0 Å². The molecule has 0 radical (unpaired) electrons. The van der Waals surface area contributed by atoms with Gasteiger partial charge in [-0.15, -0.1) is 0 Å². The number of hydrogen-bond donors (Lipinski definition) is 0. The van der Waals surface area contributed by atoms with Gasteiger partial charge in [0.05, 0.1) is 6.61 Å². The zero-order valence-electron chi connectivity index (χ0n) is 13.0. The summed E-state index contributed by atoms with van der Waals surface area (Å²) in [6, 6.07) is 3.72. The lowest BCUT2D eigenvalue weighted by Crippen LogP contribution is -2.25. The van der Waals surface area contributed by atoms with Crippen LogP contribution in [0, 0.1) is 17.8 Å². The molecule has 3 atom stereocenters. The monoisotopic (exact) mass is 278 g/mol. The van der Waals surface area contributed by atoms with E-state index < -0.39 is 0 Å². The molecule has 0 bridgehead atoms. The fraction of sp³-hybridized carbons (Fsp3) is 0.706. The molecule has 112 valence electrons. The number of rotatable bonds is 4. The van der Waals surface area contributed by atoms with Crippen LogP contribution in [-0.2, 0) is 4.74 Å². The molecule has 3 nitrogen and oxygen atoms in total. The van der Waals surface area contributed by atoms with E-state index in [2.05, 4.69) is 20.8 Å². The Morgan fingerprint density at radius 2 is 2.15 bits per heavy atom. The Balaban J connectivity index is 2.17. The largest absolute Gasteiger partial charge is 0.460 e. The van der Waals surface area contributed by atoms with Crippen LogP contribution in [-0.4, -0.2) is 12.6 Å². The molecule has 1 aromatic rings. The van der Waals surface area contributed by atoms with Gasteiger partial charge in [0.1, 0.15) is 5.76 Å². The molecule has 1 saturated carbocycles. The Morgan fingerprint density at radius 1 is 1.40 bits per heavy atom. The van der Waals surface area contributed by atoms with Crippen LogP contribution >= 0.6 is 0 Å². The van der Waals surface area contributed by atoms with Crippen molar-refractivity contribution in [3.8, 4) is 0 Å². The van der Waals surface area contributed by atoms with Gasteiger partial charge in [-0.05, 0) is 49.7 Å². The first kappa shape index (κ1) is 15.1. The molecule has 0 spiro atoms. The summed E-state index contributed by atoms with van der Waals surface area (Å²) in [5, 5.41) is 0. The molecule has 0 aromatic carbocycles. The predicted octanol–water partition coefficient (Wildman–Crippen LogP) is 4.63. The van der Waals surface area contributed by atoms with Crippen LogP contribution in [0.3, 0.4) is 0 Å². The van der Waals surface area contributed by atoms with Gasteiger partial charge in [-0.2, -0.15) is 0 Å². The number of esters is 1. The molecule has 1 heterocycles. The Hall–Kier alpha value is -1.25. The first-order valence-corrected chi connectivity index (χ1v) is 7.79. The van der Waals surface area contributed by atoms with Crippen LogP contribution in [0.2, 0.25) is 0 Å². The number of furan rings is 1. The van der Waals surface area contributed by atoms with E-state index in [0.717, 1.165) is 18.1 Å². The van der Waals surface area contributed by atoms with Crippen molar-refractivity contribution in [3.63, 3.8) is 0 Å². The summed E-state index contributed by atoms with van der Waals surface area (Å²) in [5.41, 5.74) is 0. The van der Waals surface area contributed by atoms with E-state index in [4.69, 9.17) is 9.15 Å². The van der Waals surface area contributed by atoms with E-state index in [0.29, 0.717) is 30.1 Å². The smallest absolute Gasteiger partial charge is 0.374 e. The summed E-state index contributed by atoms with van der Waals surface area (Å²) in [5.74, 6) is 3.38. The number of carbonyl (C=O) groups excluding carboxylic acids is 1. The van der Waals surface area contributed by atoms with Gasteiger partial charge in [0, 0.05) is 5.92 Å². The van der Waals surface area contributed by atoms with Crippen LogP contribution in [0.5, 0.6) is 0 Å². The van der Waals surface area contributed by atoms with Gasteiger partial charge in [0.2, 0.25) is 5.76 Å². The molecule has 20 heavy (non-hydrogen) atoms. The number of ether oxygens (including phenoxy) is 1. The molecule has 1 aliphatic carbocycles. The number of hydrogen-bond acceptors (Lipinski definition) is 3. The minimum atomic E-state index is -0.358. The second-order valence-corrected chi connectivity index (χ2v) is 6.36. The van der Waals surface area contributed by atoms with Crippen LogP contribution in [0.4, 0.5) is 0 Å². The van der Waals surface area contributed by atoms with Crippen LogP contribution in [0.1, 0.15) is 69.2 Å². The first-order chi connectivity index (χ1) is 9.52. The SMILES string of the molecule is CCOC(=O)c1ccc([C@@H]2C[C@H](C)CC[C@H]2C(C)C)o1. The highest BCUT2D eigenvalue weighted by Crippen LogP contribution is 2.44. The zero-order valence-corrected chi connectivity index (χ0v) is 13.0. The average Bonchev–Trinajstić information content (AvgIpc) is 2.88. The highest BCUT2D eigenvalue weighted by Gasteiger charge is 2.34. The third-order valence-corrected chi connectivity index (χ3v) is 4.49. The minimum Gasteiger partial charge on any atom is -0.460 e. The van der Waals surface area contributed by atoms with Crippen LogP contribution in [0.25, 0.3) is 0 Å². The summed E-state index contributed by atoms with van der Waals surface area (Å²) in [7, 11) is 0. The topological polar surface area (TPSA) is 39.4 Å². The van der Waals surface area contributed by atoms with Gasteiger partial charge >= 0.3 is 5.97 Å². The van der Waals surface area contributed by atoms with Crippen molar-refractivity contribution in [2.45, 2.75) is 52.9 Å². The molecule has 1 aliphatic rings. The van der Waals surface area contributed by atoms with Gasteiger partial charge in [0.25, 0.3) is 0 Å². The Labute approximate surface area is 121 Å². The van der Waals surface area contributed by atoms with E-state index >= 15 is 0 Å². The minimum absolute atomic E-state index is 0.336. The fourth-order valence-corrected chi connectivity index (χ4v) is 3.39. The standard InChI is InChI=1S/C17H26O3/c1-5-19-17(18)16-9-8-15(20-16)14-10-12(4)6-7-13(14)11(2)3/h8-9,11-14H,5-7,10H2,1-4H3/t12-,13+,14-/m1/s1. The van der Waals surface area contributed by atoms with Crippen molar-refractivity contribution < 1.29 is 13.9 Å². The van der Waals surface area contributed by atoms with Crippen LogP contribution in [0.15, 0.2) is 16.5 Å². The molecule has 0 N–H and O–H groups in total. The Kier molecular flexibility index (Phi) is 4.90. The van der Waals surface area contributed by atoms with E-state index in [1.807, 2.05) is 6.07 Å². The van der Waals surface area contributed by atoms with E-state index in [-0.39, 0.29) is 5.97 Å². The van der Waals surface area contributed by atoms with E-state index in [1.54, 1.807) is 13.0 Å². The summed E-state index contributed by atoms with van der Waals surface area (Å²) in [6.45, 7) is 9.05. The van der Waals surface area contributed by atoms with Crippen molar-refractivity contribution in [3.05, 3.63) is 23.7 Å². The normalized spacial score (nSPS) is 26.8. The summed E-state index contributed by atoms with van der Waals surface area (Å²) in [4.78, 5) is 11.7. The molecular formula is C17H26O3. The summed E-state index contributed by atoms with van der Waals surface area (Å²) in [6.07, 6.45) is 3.70. The molecule has 1 aromatic heterocycles. The van der Waals surface area contributed by atoms with Gasteiger partial charge < -0.3 is 9.15 Å². The van der Waals surface area contributed by atoms with Gasteiger partial charge in [-0.1, -0.05) is 27.2 Å². The highest BCUT2D eigenvalue weighted by molar-refractivity contribution is 5.86. The molecule has 0 saturated heterocycles. The predicted molar refractivity (Wildman–Crippen MR) is 78.7 cm³/mol. The lowest BCUT2D eigenvalue weighted by atomic mass is 9.69. The Morgan fingerprint density at radius 3 is 2.80 bits per heavy atom. The molecule has 0 amide bonds. The van der Waals surface area contributed by atoms with E-state index in [9.17, 15) is 4.79 Å². The third kappa shape index (κ3) is 3.25. The maximum absolute atomic E-state index is 11.7. The molecule has 2 rings (SSSR count). The second-order valence-electron chi connectivity index (χ2n) is 6.36. The van der Waals surface area contributed by atoms with Gasteiger partial charge in [-0.25, -0.2) is 4.79 Å². The highest BCUT2D eigenvalue weighted by atomic mass is 16.5. The van der Waals surface area contributed by atoms with Gasteiger partial charge in [0.15, 0.2) is 0 Å². The van der Waals surface area contributed by atoms with Crippen molar-refractivity contribution in [2.24, 2.45) is 17.8 Å². The summed E-state index contributed by atoms with van der Waals surface area (Å²) < 4.78 is 10.8. The lowest BCUT2D eigenvalue weighted by molar-refractivity contribution is 0.0484. The van der Waals surface area contributed by atoms with Crippen molar-refractivity contribution in [2.75, 3.05) is 6.61 Å². The van der Waals surface area contributed by atoms with Gasteiger partial charge in [-0.3, -0.25) is 0 Å². The molecule has 0 unspecified atom stereocenters. The molecule has 0 aliphatic heterocycles. The maximum atomic E-state index is 11.7. The summed E-state index contributed by atoms with van der Waals surface area (Å²) >= 11 is 0. The van der Waals surface area contributed by atoms with Crippen LogP contribution < -0.4 is 0 Å². The van der Waals surface area contributed by atoms with E-state index in [1.165, 1.54) is 12.8 Å². The first-order valence-electron chi connectivity index (χ1n) is 7.79.